The van der Waals surface area contributed by atoms with Crippen LogP contribution in [0.5, 0.6) is 0 Å². The lowest BCUT2D eigenvalue weighted by Crippen LogP contribution is -2.71. The molecule has 1 aliphatic heterocycles. The molecule has 2 bridgehead atoms. The number of unbranched alkanes of at least 4 members (excludes halogenated alkanes) is 1. The van der Waals surface area contributed by atoms with Crippen LogP contribution in [0.1, 0.15) is 51.9 Å². The summed E-state index contributed by atoms with van der Waals surface area (Å²) in [4.78, 5) is 42.9. The van der Waals surface area contributed by atoms with Crippen molar-refractivity contribution in [3.63, 3.8) is 0 Å². The molecule has 0 amide bonds. The lowest BCUT2D eigenvalue weighted by atomic mass is 9.37. The molecule has 3 unspecified atom stereocenters. The van der Waals surface area contributed by atoms with Gasteiger partial charge in [0.1, 0.15) is 0 Å². The molecule has 1 spiro atoms. The highest BCUT2D eigenvalue weighted by molar-refractivity contribution is 6.17. The number of hydrogen-bond donors (Lipinski definition) is 0. The van der Waals surface area contributed by atoms with Gasteiger partial charge in [0.15, 0.2) is 11.6 Å². The Kier molecular flexibility index (Phi) is 4.80. The van der Waals surface area contributed by atoms with Crippen LogP contribution in [0.3, 0.4) is 0 Å². The van der Waals surface area contributed by atoms with Gasteiger partial charge in [0.05, 0.1) is 17.4 Å². The maximum atomic E-state index is 14.0. The fraction of sp³-hybridized carbons (Fsp3) is 0.783. The minimum atomic E-state index is -1.05. The summed E-state index contributed by atoms with van der Waals surface area (Å²) in [5.74, 6) is -0.542. The third-order valence-corrected chi connectivity index (χ3v) is 8.29. The Hall–Kier alpha value is -1.49. The molecule has 1 heterocycles. The maximum absolute atomic E-state index is 14.0. The second kappa shape index (κ2) is 6.79. The van der Waals surface area contributed by atoms with Gasteiger partial charge in [0.2, 0.25) is 0 Å². The van der Waals surface area contributed by atoms with Crippen molar-refractivity contribution < 1.29 is 19.1 Å². The Morgan fingerprint density at radius 2 is 1.96 bits per heavy atom. The first kappa shape index (κ1) is 19.8. The van der Waals surface area contributed by atoms with Gasteiger partial charge in [0, 0.05) is 12.5 Å². The van der Waals surface area contributed by atoms with Gasteiger partial charge in [-0.2, -0.15) is 0 Å². The minimum absolute atomic E-state index is 0.0220. The molecule has 0 aromatic heterocycles. The predicted octanol–water partition coefficient (Wildman–Crippen LogP) is 3.03. The molecule has 6 atom stereocenters. The van der Waals surface area contributed by atoms with Crippen molar-refractivity contribution in [2.75, 3.05) is 27.2 Å². The van der Waals surface area contributed by atoms with Gasteiger partial charge in [-0.3, -0.25) is 14.4 Å². The van der Waals surface area contributed by atoms with Crippen LogP contribution in [0.2, 0.25) is 0 Å². The molecular weight excluding hydrogens is 354 g/mol. The van der Waals surface area contributed by atoms with Gasteiger partial charge < -0.3 is 9.64 Å². The van der Waals surface area contributed by atoms with Crippen LogP contribution in [0.15, 0.2) is 12.2 Å². The molecule has 1 saturated heterocycles. The lowest BCUT2D eigenvalue weighted by Gasteiger charge is -2.64. The molecule has 5 fully saturated rings. The van der Waals surface area contributed by atoms with E-state index < -0.39 is 10.8 Å². The van der Waals surface area contributed by atoms with Crippen LogP contribution in [-0.4, -0.2) is 49.7 Å². The van der Waals surface area contributed by atoms with E-state index in [1.54, 1.807) is 0 Å². The number of ether oxygens (including phenoxy) is 1. The van der Waals surface area contributed by atoms with E-state index in [4.69, 9.17) is 4.74 Å². The second-order valence-corrected chi connectivity index (χ2v) is 9.76. The summed E-state index contributed by atoms with van der Waals surface area (Å²) in [6.45, 7) is 7.16. The third kappa shape index (κ3) is 2.38. The molecule has 5 nitrogen and oxygen atoms in total. The predicted molar refractivity (Wildman–Crippen MR) is 105 cm³/mol. The Bertz CT molecular complexity index is 728. The van der Waals surface area contributed by atoms with Gasteiger partial charge in [-0.1, -0.05) is 26.3 Å². The molecule has 0 radical (unpaired) electrons. The number of allylic oxidation sites excluding steroid dienone is 1. The van der Waals surface area contributed by atoms with E-state index in [0.29, 0.717) is 25.1 Å². The number of ketones is 2. The number of rotatable bonds is 5. The van der Waals surface area contributed by atoms with Crippen molar-refractivity contribution in [2.24, 2.45) is 34.5 Å². The van der Waals surface area contributed by atoms with Crippen LogP contribution in [0.25, 0.3) is 0 Å². The summed E-state index contributed by atoms with van der Waals surface area (Å²) >= 11 is 0. The molecule has 0 aromatic carbocycles. The van der Waals surface area contributed by atoms with Gasteiger partial charge >= 0.3 is 5.97 Å². The first-order valence-corrected chi connectivity index (χ1v) is 10.9. The van der Waals surface area contributed by atoms with Crippen LogP contribution in [0, 0.1) is 34.5 Å². The van der Waals surface area contributed by atoms with Crippen molar-refractivity contribution >= 4 is 17.5 Å². The second-order valence-electron chi connectivity index (χ2n) is 9.76. The van der Waals surface area contributed by atoms with E-state index in [-0.39, 0.29) is 41.2 Å². The zero-order valence-electron chi connectivity index (χ0n) is 17.5. The van der Waals surface area contributed by atoms with Crippen LogP contribution < -0.4 is 0 Å². The highest BCUT2D eigenvalue weighted by atomic mass is 16.5. The fourth-order valence-corrected chi connectivity index (χ4v) is 7.13. The molecule has 5 heteroatoms. The standard InChI is InChI=1S/C23H33NO4/c1-5-6-9-22-17(8-11-28-21(22)27)16(13-24(3)4)20(26)23-10-7-15(12-18(22)23)14(2)19(23)25/h15-18H,2,5-13H2,1,3-4H3/t15-,16?,17?,18?,22-,23-/m0/s1. The number of Topliss-reactive ketones (excluding diaryl/α,β-unsaturated/α-hetero) is 2. The van der Waals surface area contributed by atoms with Crippen molar-refractivity contribution in [2.45, 2.75) is 51.9 Å². The summed E-state index contributed by atoms with van der Waals surface area (Å²) in [6.07, 6.45) is 5.51. The van der Waals surface area contributed by atoms with Crippen LogP contribution in [0.4, 0.5) is 0 Å². The van der Waals surface area contributed by atoms with Crippen molar-refractivity contribution in [1.82, 2.24) is 4.90 Å². The highest BCUT2D eigenvalue weighted by Crippen LogP contribution is 2.68. The largest absolute Gasteiger partial charge is 0.465 e. The Morgan fingerprint density at radius 1 is 1.21 bits per heavy atom. The average molecular weight is 388 g/mol. The summed E-state index contributed by atoms with van der Waals surface area (Å²) in [7, 11) is 3.93. The SMILES string of the molecule is C=C1C(=O)[C@]23CC[C@H]1CC2[C@@]1(CCCC)C(=O)OCCC1C(CN(C)C)C3=O. The maximum Gasteiger partial charge on any atom is 0.312 e. The first-order chi connectivity index (χ1) is 13.3. The zero-order valence-corrected chi connectivity index (χ0v) is 17.5. The number of esters is 1. The van der Waals surface area contributed by atoms with Gasteiger partial charge in [-0.25, -0.2) is 0 Å². The quantitative estimate of drug-likeness (QED) is 0.412. The van der Waals surface area contributed by atoms with Gasteiger partial charge in [-0.05, 0) is 69.5 Å². The van der Waals surface area contributed by atoms with E-state index in [0.717, 1.165) is 38.5 Å². The van der Waals surface area contributed by atoms with Crippen molar-refractivity contribution in [3.8, 4) is 0 Å². The lowest BCUT2D eigenvalue weighted by molar-refractivity contribution is -0.209. The number of cyclic esters (lactones) is 1. The van der Waals surface area contributed by atoms with Crippen LogP contribution >= 0.6 is 0 Å². The zero-order chi connectivity index (χ0) is 20.3. The summed E-state index contributed by atoms with van der Waals surface area (Å²) in [5.41, 5.74) is -1.13. The average Bonchev–Trinajstić information content (AvgIpc) is 2.67. The molecule has 0 N–H and O–H groups in total. The smallest absolute Gasteiger partial charge is 0.312 e. The number of hydrogen-bond acceptors (Lipinski definition) is 5. The van der Waals surface area contributed by atoms with Crippen molar-refractivity contribution in [1.29, 1.82) is 0 Å². The molecule has 4 saturated carbocycles. The number of nitrogens with zero attached hydrogens (tertiary/aromatic N) is 1. The van der Waals surface area contributed by atoms with E-state index in [2.05, 4.69) is 13.5 Å². The van der Waals surface area contributed by atoms with E-state index >= 15 is 0 Å². The molecule has 28 heavy (non-hydrogen) atoms. The summed E-state index contributed by atoms with van der Waals surface area (Å²) in [5, 5.41) is 0. The van der Waals surface area contributed by atoms with Crippen molar-refractivity contribution in [3.05, 3.63) is 12.2 Å². The molecule has 5 aliphatic rings. The van der Waals surface area contributed by atoms with Gasteiger partial charge in [-0.15, -0.1) is 0 Å². The summed E-state index contributed by atoms with van der Waals surface area (Å²) < 4.78 is 5.65. The minimum Gasteiger partial charge on any atom is -0.465 e. The number of carbonyl (C=O) groups excluding carboxylic acids is 3. The van der Waals surface area contributed by atoms with E-state index in [1.807, 2.05) is 19.0 Å². The number of carbonyl (C=O) groups is 3. The van der Waals surface area contributed by atoms with Crippen LogP contribution in [-0.2, 0) is 19.1 Å². The van der Waals surface area contributed by atoms with E-state index in [9.17, 15) is 14.4 Å². The Morgan fingerprint density at radius 3 is 2.64 bits per heavy atom. The van der Waals surface area contributed by atoms with Gasteiger partial charge in [0.25, 0.3) is 0 Å². The summed E-state index contributed by atoms with van der Waals surface area (Å²) in [6, 6.07) is 0. The normalized spacial score (nSPS) is 42.4. The first-order valence-electron chi connectivity index (χ1n) is 10.9. The monoisotopic (exact) mass is 387 g/mol. The molecular formula is C23H33NO4. The molecule has 0 aromatic rings. The Labute approximate surface area is 167 Å². The van der Waals surface area contributed by atoms with E-state index in [1.165, 1.54) is 0 Å². The Balaban J connectivity index is 1.91. The highest BCUT2D eigenvalue weighted by Gasteiger charge is 2.74. The number of fused-ring (bicyclic) bond motifs is 3. The molecule has 4 aliphatic carbocycles. The fourth-order valence-electron chi connectivity index (χ4n) is 7.13. The third-order valence-electron chi connectivity index (χ3n) is 8.29. The topological polar surface area (TPSA) is 63.7 Å². The molecule has 154 valence electrons. The molecule has 5 rings (SSSR count).